The number of carbonyl (C=O) groups is 1. The van der Waals surface area contributed by atoms with Crippen molar-refractivity contribution in [2.45, 2.75) is 6.92 Å². The van der Waals surface area contributed by atoms with E-state index in [0.717, 1.165) is 0 Å². The number of nitrogens with zero attached hydrogens (tertiary/aromatic N) is 2. The van der Waals surface area contributed by atoms with E-state index in [1.807, 2.05) is 6.92 Å². The summed E-state index contributed by atoms with van der Waals surface area (Å²) in [5.74, 6) is 0.177. The van der Waals surface area contributed by atoms with Crippen LogP contribution in [-0.2, 0) is 4.79 Å². The van der Waals surface area contributed by atoms with Crippen molar-refractivity contribution in [3.8, 4) is 11.5 Å². The SMILES string of the molecule is CCOc1cccc(/C=N\NC(=S)C(=O)Nc2ccccn2)c1O. The Labute approximate surface area is 144 Å². The predicted octanol–water partition coefficient (Wildman–Crippen LogP) is 2.08. The second kappa shape index (κ2) is 8.59. The van der Waals surface area contributed by atoms with Gasteiger partial charge in [-0.15, -0.1) is 0 Å². The lowest BCUT2D eigenvalue weighted by Crippen LogP contribution is -2.31. The summed E-state index contributed by atoms with van der Waals surface area (Å²) in [7, 11) is 0. The van der Waals surface area contributed by atoms with Gasteiger partial charge in [-0.3, -0.25) is 10.2 Å². The van der Waals surface area contributed by atoms with Gasteiger partial charge in [-0.1, -0.05) is 24.4 Å². The molecule has 0 saturated carbocycles. The van der Waals surface area contributed by atoms with Crippen molar-refractivity contribution in [3.63, 3.8) is 0 Å². The zero-order chi connectivity index (χ0) is 17.4. The number of aromatic nitrogens is 1. The normalized spacial score (nSPS) is 10.4. The lowest BCUT2D eigenvalue weighted by molar-refractivity contribution is -0.110. The van der Waals surface area contributed by atoms with E-state index in [2.05, 4.69) is 20.8 Å². The number of hydrogen-bond donors (Lipinski definition) is 3. The van der Waals surface area contributed by atoms with Crippen molar-refractivity contribution in [2.24, 2.45) is 5.10 Å². The summed E-state index contributed by atoms with van der Waals surface area (Å²) in [6.45, 7) is 2.25. The second-order valence-electron chi connectivity index (χ2n) is 4.50. The average molecular weight is 344 g/mol. The van der Waals surface area contributed by atoms with Gasteiger partial charge in [-0.05, 0) is 31.2 Å². The minimum absolute atomic E-state index is 0.0336. The summed E-state index contributed by atoms with van der Waals surface area (Å²) in [5.41, 5.74) is 2.87. The number of hydrogen-bond acceptors (Lipinski definition) is 6. The molecule has 0 aliphatic rings. The van der Waals surface area contributed by atoms with E-state index in [9.17, 15) is 9.90 Å². The Bertz CT molecular complexity index is 750. The molecule has 0 atom stereocenters. The fourth-order valence-corrected chi connectivity index (χ4v) is 1.84. The van der Waals surface area contributed by atoms with Gasteiger partial charge in [0.25, 0.3) is 5.91 Å². The number of carbonyl (C=O) groups excluding carboxylic acids is 1. The molecule has 0 spiro atoms. The van der Waals surface area contributed by atoms with E-state index in [-0.39, 0.29) is 10.7 Å². The van der Waals surface area contributed by atoms with Crippen molar-refractivity contribution in [1.82, 2.24) is 10.4 Å². The third-order valence-electron chi connectivity index (χ3n) is 2.81. The number of benzene rings is 1. The molecule has 0 aliphatic heterocycles. The minimum Gasteiger partial charge on any atom is -0.504 e. The predicted molar refractivity (Wildman–Crippen MR) is 95.5 cm³/mol. The molecule has 8 heteroatoms. The van der Waals surface area contributed by atoms with Gasteiger partial charge in [0.2, 0.25) is 0 Å². The Morgan fingerprint density at radius 3 is 2.92 bits per heavy atom. The Balaban J connectivity index is 1.95. The molecule has 0 radical (unpaired) electrons. The van der Waals surface area contributed by atoms with Crippen LogP contribution < -0.4 is 15.5 Å². The van der Waals surface area contributed by atoms with Gasteiger partial charge in [0.1, 0.15) is 5.82 Å². The molecule has 7 nitrogen and oxygen atoms in total. The van der Waals surface area contributed by atoms with Crippen LogP contribution in [0.15, 0.2) is 47.7 Å². The minimum atomic E-state index is -0.534. The molecule has 1 heterocycles. The van der Waals surface area contributed by atoms with Crippen LogP contribution in [0.5, 0.6) is 11.5 Å². The third kappa shape index (κ3) is 4.75. The summed E-state index contributed by atoms with van der Waals surface area (Å²) < 4.78 is 5.28. The lowest BCUT2D eigenvalue weighted by Gasteiger charge is -2.07. The van der Waals surface area contributed by atoms with E-state index in [1.165, 1.54) is 6.21 Å². The van der Waals surface area contributed by atoms with Crippen LogP contribution in [0.25, 0.3) is 0 Å². The van der Waals surface area contributed by atoms with Gasteiger partial charge < -0.3 is 15.2 Å². The van der Waals surface area contributed by atoms with Crippen LogP contribution in [0.3, 0.4) is 0 Å². The lowest BCUT2D eigenvalue weighted by atomic mass is 10.2. The smallest absolute Gasteiger partial charge is 0.285 e. The zero-order valence-corrected chi connectivity index (χ0v) is 13.7. The molecular weight excluding hydrogens is 328 g/mol. The number of amides is 1. The van der Waals surface area contributed by atoms with Crippen molar-refractivity contribution in [1.29, 1.82) is 0 Å². The van der Waals surface area contributed by atoms with Crippen LogP contribution in [0.2, 0.25) is 0 Å². The third-order valence-corrected chi connectivity index (χ3v) is 3.09. The summed E-state index contributed by atoms with van der Waals surface area (Å²) >= 11 is 4.94. The van der Waals surface area contributed by atoms with Crippen LogP contribution in [-0.4, -0.2) is 33.8 Å². The van der Waals surface area contributed by atoms with E-state index in [0.29, 0.717) is 23.7 Å². The number of aromatic hydroxyl groups is 1. The highest BCUT2D eigenvalue weighted by molar-refractivity contribution is 7.82. The molecule has 0 saturated heterocycles. The number of nitrogens with one attached hydrogen (secondary N) is 2. The van der Waals surface area contributed by atoms with Gasteiger partial charge in [0, 0.05) is 11.8 Å². The molecule has 1 aromatic carbocycles. The zero-order valence-electron chi connectivity index (χ0n) is 12.9. The van der Waals surface area contributed by atoms with Gasteiger partial charge in [0.15, 0.2) is 16.5 Å². The number of hydrazone groups is 1. The van der Waals surface area contributed by atoms with E-state index in [4.69, 9.17) is 17.0 Å². The van der Waals surface area contributed by atoms with Crippen LogP contribution in [0.4, 0.5) is 5.82 Å². The number of anilines is 1. The fourth-order valence-electron chi connectivity index (χ4n) is 1.74. The first-order chi connectivity index (χ1) is 11.6. The maximum atomic E-state index is 11.9. The van der Waals surface area contributed by atoms with Gasteiger partial charge in [-0.2, -0.15) is 5.10 Å². The van der Waals surface area contributed by atoms with Crippen molar-refractivity contribution in [3.05, 3.63) is 48.2 Å². The Kier molecular flexibility index (Phi) is 6.21. The highest BCUT2D eigenvalue weighted by Gasteiger charge is 2.09. The fraction of sp³-hybridized carbons (Fsp3) is 0.125. The maximum Gasteiger partial charge on any atom is 0.285 e. The van der Waals surface area contributed by atoms with Crippen LogP contribution >= 0.6 is 12.2 Å². The molecule has 0 aliphatic carbocycles. The Morgan fingerprint density at radius 2 is 2.21 bits per heavy atom. The number of thiocarbonyl (C=S) groups is 1. The second-order valence-corrected chi connectivity index (χ2v) is 4.90. The van der Waals surface area contributed by atoms with Crippen molar-refractivity contribution >= 4 is 35.1 Å². The molecular formula is C16H16N4O3S. The summed E-state index contributed by atoms with van der Waals surface area (Å²) in [4.78, 5) is 15.7. The molecule has 1 aromatic heterocycles. The quantitative estimate of drug-likeness (QED) is 0.437. The number of pyridine rings is 1. The Morgan fingerprint density at radius 1 is 1.38 bits per heavy atom. The summed E-state index contributed by atoms with van der Waals surface area (Å²) in [5, 5.41) is 16.4. The molecule has 2 rings (SSSR count). The first kappa shape index (κ1) is 17.4. The Hall–Kier alpha value is -3.00. The molecule has 0 bridgehead atoms. The monoisotopic (exact) mass is 344 g/mol. The molecule has 3 N–H and O–H groups in total. The largest absolute Gasteiger partial charge is 0.504 e. The standard InChI is InChI=1S/C16H16N4O3S/c1-2-23-12-7-5-6-11(14(12)21)10-18-20-16(24)15(22)19-13-8-3-4-9-17-13/h3-10,21H,2H2,1H3,(H,20,24)(H,17,19,22)/b18-10-. The topological polar surface area (TPSA) is 95.8 Å². The van der Waals surface area contributed by atoms with Crippen molar-refractivity contribution < 1.29 is 14.6 Å². The molecule has 2 aromatic rings. The molecule has 24 heavy (non-hydrogen) atoms. The molecule has 124 valence electrons. The van der Waals surface area contributed by atoms with Crippen LogP contribution in [0.1, 0.15) is 12.5 Å². The molecule has 1 amide bonds. The highest BCUT2D eigenvalue weighted by Crippen LogP contribution is 2.28. The number of phenolic OH excluding ortho intramolecular Hbond substituents is 1. The first-order valence-corrected chi connectivity index (χ1v) is 7.52. The number of para-hydroxylation sites is 1. The number of ether oxygens (including phenoxy) is 1. The molecule has 0 unspecified atom stereocenters. The maximum absolute atomic E-state index is 11.9. The first-order valence-electron chi connectivity index (χ1n) is 7.12. The van der Waals surface area contributed by atoms with Gasteiger partial charge in [-0.25, -0.2) is 4.98 Å². The van der Waals surface area contributed by atoms with Gasteiger partial charge in [0.05, 0.1) is 12.8 Å². The average Bonchev–Trinajstić information content (AvgIpc) is 2.59. The summed E-state index contributed by atoms with van der Waals surface area (Å²) in [6, 6.07) is 10.1. The number of rotatable bonds is 5. The van der Waals surface area contributed by atoms with E-state index >= 15 is 0 Å². The van der Waals surface area contributed by atoms with Gasteiger partial charge >= 0.3 is 0 Å². The van der Waals surface area contributed by atoms with Crippen LogP contribution in [0, 0.1) is 0 Å². The highest BCUT2D eigenvalue weighted by atomic mass is 32.1. The van der Waals surface area contributed by atoms with Crippen molar-refractivity contribution in [2.75, 3.05) is 11.9 Å². The number of phenols is 1. The van der Waals surface area contributed by atoms with E-state index < -0.39 is 5.91 Å². The summed E-state index contributed by atoms with van der Waals surface area (Å²) in [6.07, 6.45) is 2.90. The van der Waals surface area contributed by atoms with E-state index in [1.54, 1.807) is 42.6 Å². The molecule has 0 fully saturated rings.